The summed E-state index contributed by atoms with van der Waals surface area (Å²) in [5.74, 6) is 7.89. The van der Waals surface area contributed by atoms with Crippen molar-refractivity contribution < 1.29 is 9.53 Å². The van der Waals surface area contributed by atoms with Crippen molar-refractivity contribution in [3.05, 3.63) is 110 Å². The van der Waals surface area contributed by atoms with Gasteiger partial charge in [0.25, 0.3) is 5.56 Å². The Kier molecular flexibility index (Phi) is 9.30. The molecule has 10 heteroatoms. The average molecular weight is 720 g/mol. The van der Waals surface area contributed by atoms with Crippen LogP contribution in [0.5, 0.6) is 0 Å². The number of likely N-dealkylation sites (tertiary alicyclic amines) is 1. The van der Waals surface area contributed by atoms with Gasteiger partial charge in [0.05, 0.1) is 50.0 Å². The van der Waals surface area contributed by atoms with E-state index < -0.39 is 17.1 Å². The lowest BCUT2D eigenvalue weighted by atomic mass is 9.77. The Hall–Kier alpha value is -4.49. The average Bonchev–Trinajstić information content (AvgIpc) is 3.64. The maximum Gasteiger partial charge on any atom is 0.408 e. The lowest BCUT2D eigenvalue weighted by molar-refractivity contribution is 0.0508. The number of fused-ring (bicyclic) bond motifs is 5. The third kappa shape index (κ3) is 6.81. The van der Waals surface area contributed by atoms with E-state index in [1.807, 2.05) is 57.5 Å². The molecular formula is C41H42ClN5O3S. The first kappa shape index (κ1) is 34.9. The van der Waals surface area contributed by atoms with Crippen molar-refractivity contribution in [1.29, 1.82) is 0 Å². The van der Waals surface area contributed by atoms with E-state index in [2.05, 4.69) is 80.8 Å². The van der Waals surface area contributed by atoms with E-state index in [-0.39, 0.29) is 11.6 Å². The van der Waals surface area contributed by atoms with Crippen molar-refractivity contribution in [3.8, 4) is 28.0 Å². The largest absolute Gasteiger partial charge is 0.444 e. The second-order valence-electron chi connectivity index (χ2n) is 14.9. The molecule has 5 aromatic rings. The molecule has 0 spiro atoms. The van der Waals surface area contributed by atoms with Crippen molar-refractivity contribution in [2.24, 2.45) is 0 Å². The van der Waals surface area contributed by atoms with E-state index >= 15 is 0 Å². The summed E-state index contributed by atoms with van der Waals surface area (Å²) in [6, 6.07) is 20.1. The number of ether oxygens (including phenoxy) is 1. The summed E-state index contributed by atoms with van der Waals surface area (Å²) >= 11 is 8.06. The molecule has 1 atom stereocenters. The van der Waals surface area contributed by atoms with E-state index in [1.165, 1.54) is 11.1 Å². The van der Waals surface area contributed by atoms with Gasteiger partial charge in [-0.2, -0.15) is 4.98 Å². The van der Waals surface area contributed by atoms with Crippen LogP contribution in [0.3, 0.4) is 0 Å². The molecule has 0 radical (unpaired) electrons. The minimum Gasteiger partial charge on any atom is -0.444 e. The first-order valence-electron chi connectivity index (χ1n) is 17.4. The Morgan fingerprint density at radius 3 is 2.55 bits per heavy atom. The van der Waals surface area contributed by atoms with Crippen molar-refractivity contribution >= 4 is 39.9 Å². The molecule has 262 valence electrons. The number of piperidine rings is 1. The molecule has 0 saturated carbocycles. The zero-order valence-corrected chi connectivity index (χ0v) is 31.4. The van der Waals surface area contributed by atoms with Gasteiger partial charge in [-0.1, -0.05) is 60.0 Å². The molecule has 0 unspecified atom stereocenters. The fraction of sp³-hybridized carbons (Fsp3) is 0.366. The quantitative estimate of drug-likeness (QED) is 0.183. The first-order chi connectivity index (χ1) is 24.3. The standard InChI is InChI=1S/C41H42ClN5O3S/c1-25(44-39(49)50-40(2,3)4)26-15-17-28(18-16-26)36-31(43-24-51-36)12-9-21-46-22-19-27(20-23-46)29-10-7-14-33-35(29)41(5,6)38-45-37(48)34-30(42)11-8-13-32(34)47(33)38/h7-8,10-11,13-18,24-25,27H,19-23H2,1-6H3,(H,44,49)/t25-/m0/s1. The highest BCUT2D eigenvalue weighted by atomic mass is 35.5. The second-order valence-corrected chi connectivity index (χ2v) is 16.2. The van der Waals surface area contributed by atoms with Crippen molar-refractivity contribution in [2.75, 3.05) is 19.6 Å². The number of hydrogen-bond acceptors (Lipinski definition) is 7. The van der Waals surface area contributed by atoms with E-state index in [0.717, 1.165) is 64.7 Å². The van der Waals surface area contributed by atoms with Crippen LogP contribution in [0.1, 0.15) is 94.6 Å². The molecule has 1 saturated heterocycles. The van der Waals surface area contributed by atoms with Crippen molar-refractivity contribution in [3.63, 3.8) is 0 Å². The van der Waals surface area contributed by atoms with Crippen molar-refractivity contribution in [1.82, 2.24) is 24.8 Å². The summed E-state index contributed by atoms with van der Waals surface area (Å²) in [5.41, 5.74) is 7.89. The summed E-state index contributed by atoms with van der Waals surface area (Å²) in [6.45, 7) is 14.4. The van der Waals surface area contributed by atoms with Gasteiger partial charge in [0, 0.05) is 0 Å². The molecule has 51 heavy (non-hydrogen) atoms. The monoisotopic (exact) mass is 719 g/mol. The van der Waals surface area contributed by atoms with Crippen LogP contribution < -0.4 is 10.9 Å². The third-order valence-electron chi connectivity index (χ3n) is 9.88. The molecule has 4 heterocycles. The van der Waals surface area contributed by atoms with Crippen LogP contribution in [-0.4, -0.2) is 50.8 Å². The molecular weight excluding hydrogens is 678 g/mol. The van der Waals surface area contributed by atoms with Crippen LogP contribution in [-0.2, 0) is 10.2 Å². The molecule has 8 nitrogen and oxygen atoms in total. The van der Waals surface area contributed by atoms with Crippen LogP contribution in [0.25, 0.3) is 27.0 Å². The molecule has 1 amide bonds. The van der Waals surface area contributed by atoms with Gasteiger partial charge < -0.3 is 10.1 Å². The first-order valence-corrected chi connectivity index (χ1v) is 18.7. The number of carbonyl (C=O) groups excluding carboxylic acids is 1. The number of aromatic nitrogens is 3. The number of rotatable bonds is 5. The lowest BCUT2D eigenvalue weighted by Gasteiger charge is -2.33. The zero-order chi connectivity index (χ0) is 36.1. The molecule has 0 aliphatic carbocycles. The molecule has 3 aromatic carbocycles. The predicted octanol–water partition coefficient (Wildman–Crippen LogP) is 8.62. The van der Waals surface area contributed by atoms with Crippen LogP contribution >= 0.6 is 22.9 Å². The van der Waals surface area contributed by atoms with E-state index in [1.54, 1.807) is 17.4 Å². The van der Waals surface area contributed by atoms with Crippen molar-refractivity contribution in [2.45, 2.75) is 77.4 Å². The fourth-order valence-electron chi connectivity index (χ4n) is 7.43. The summed E-state index contributed by atoms with van der Waals surface area (Å²) in [5, 5.41) is 3.80. The Labute approximate surface area is 307 Å². The molecule has 2 aliphatic heterocycles. The van der Waals surface area contributed by atoms with Gasteiger partial charge in [-0.05, 0) is 120 Å². The topological polar surface area (TPSA) is 89.3 Å². The van der Waals surface area contributed by atoms with Gasteiger partial charge in [0.2, 0.25) is 0 Å². The minimum atomic E-state index is -0.545. The Bertz CT molecular complexity index is 2250. The highest BCUT2D eigenvalue weighted by Crippen LogP contribution is 2.47. The number of alkyl carbamates (subject to hydrolysis) is 1. The number of carbonyl (C=O) groups is 1. The normalized spacial score (nSPS) is 16.2. The highest BCUT2D eigenvalue weighted by Gasteiger charge is 2.41. The summed E-state index contributed by atoms with van der Waals surface area (Å²) < 4.78 is 7.53. The molecule has 7 rings (SSSR count). The molecule has 2 aromatic heterocycles. The maximum absolute atomic E-state index is 13.1. The van der Waals surface area contributed by atoms with Gasteiger partial charge in [0.15, 0.2) is 0 Å². The minimum absolute atomic E-state index is 0.188. The van der Waals surface area contributed by atoms with Gasteiger partial charge >= 0.3 is 6.09 Å². The third-order valence-corrected chi connectivity index (χ3v) is 11.1. The maximum atomic E-state index is 13.1. The number of nitrogens with zero attached hydrogens (tertiary/aromatic N) is 4. The van der Waals surface area contributed by atoms with Crippen LogP contribution in [0.2, 0.25) is 5.02 Å². The second kappa shape index (κ2) is 13.6. The van der Waals surface area contributed by atoms with E-state index in [9.17, 15) is 9.59 Å². The Morgan fingerprint density at radius 1 is 1.10 bits per heavy atom. The predicted molar refractivity (Wildman–Crippen MR) is 205 cm³/mol. The van der Waals surface area contributed by atoms with Crippen LogP contribution in [0.4, 0.5) is 4.79 Å². The lowest BCUT2D eigenvalue weighted by Crippen LogP contribution is -2.34. The number of amides is 1. The molecule has 0 bridgehead atoms. The smallest absolute Gasteiger partial charge is 0.408 e. The van der Waals surface area contributed by atoms with E-state index in [4.69, 9.17) is 16.3 Å². The zero-order valence-electron chi connectivity index (χ0n) is 29.8. The fourth-order valence-corrected chi connectivity index (χ4v) is 8.44. The Balaban J connectivity index is 1.01. The summed E-state index contributed by atoms with van der Waals surface area (Å²) in [6.07, 6.45) is 1.62. The van der Waals surface area contributed by atoms with Crippen LogP contribution in [0.15, 0.2) is 71.0 Å². The van der Waals surface area contributed by atoms with E-state index in [0.29, 0.717) is 22.9 Å². The van der Waals surface area contributed by atoms with Crippen LogP contribution in [0, 0.1) is 11.8 Å². The van der Waals surface area contributed by atoms with Gasteiger partial charge in [-0.25, -0.2) is 9.78 Å². The highest BCUT2D eigenvalue weighted by molar-refractivity contribution is 7.13. The van der Waals surface area contributed by atoms with Gasteiger partial charge in [0.1, 0.15) is 17.1 Å². The van der Waals surface area contributed by atoms with Gasteiger partial charge in [-0.15, -0.1) is 11.3 Å². The number of hydrogen-bond donors (Lipinski definition) is 1. The van der Waals surface area contributed by atoms with Gasteiger partial charge in [-0.3, -0.25) is 14.3 Å². The molecule has 1 fully saturated rings. The molecule has 1 N–H and O–H groups in total. The number of halogens is 1. The number of benzene rings is 3. The number of nitrogens with one attached hydrogen (secondary N) is 1. The summed E-state index contributed by atoms with van der Waals surface area (Å²) in [7, 11) is 0. The summed E-state index contributed by atoms with van der Waals surface area (Å²) in [4.78, 5) is 38.0. The molecule has 2 aliphatic rings. The Morgan fingerprint density at radius 2 is 1.82 bits per heavy atom. The number of thiazole rings is 1. The SMILES string of the molecule is C[C@H](NC(=O)OC(C)(C)C)c1ccc(-c2scnc2C#CCN2CCC(c3cccc4c3C(C)(C)c3nc(=O)c5c(Cl)cccc5n3-4)CC2)cc1.